The number of aromatic nitrogens is 1. The van der Waals surface area contributed by atoms with Crippen LogP contribution >= 0.6 is 24.0 Å². The smallest absolute Gasteiger partial charge is 0.183 e. The van der Waals surface area contributed by atoms with Crippen molar-refractivity contribution in [3.05, 3.63) is 54.2 Å². The molecule has 23 heavy (non-hydrogen) atoms. The largest absolute Gasteiger partial charge is 0.361 e. The van der Waals surface area contributed by atoms with Crippen molar-refractivity contribution in [3.63, 3.8) is 0 Å². The topological polar surface area (TPSA) is 72.8 Å². The quantitative estimate of drug-likeness (QED) is 0.309. The number of thiocarbonyl (C=S) groups is 1. The highest BCUT2D eigenvalue weighted by Gasteiger charge is 1.98. The maximum absolute atomic E-state index is 8.40. The predicted octanol–water partition coefficient (Wildman–Crippen LogP) is 3.00. The molecule has 0 aliphatic carbocycles. The second-order valence-electron chi connectivity index (χ2n) is 4.59. The molecule has 1 aromatic carbocycles. The standard InChI is InChI=1S/C16H17N5S2/c17-12-20-16(22)18-8-9-23-11-13-6-7-15(19-10-13)21-14-4-2-1-3-5-14/h1-7,10H,8-9,11H2,(H,19,21)(H2,18,20,22). The molecule has 7 heteroatoms. The lowest BCUT2D eigenvalue weighted by molar-refractivity contribution is 0.959. The van der Waals surface area contributed by atoms with Gasteiger partial charge in [0.1, 0.15) is 5.82 Å². The molecular formula is C16H17N5S2. The molecular weight excluding hydrogens is 326 g/mol. The summed E-state index contributed by atoms with van der Waals surface area (Å²) in [6, 6.07) is 14.0. The summed E-state index contributed by atoms with van der Waals surface area (Å²) in [5.74, 6) is 2.62. The number of nitrogens with zero attached hydrogens (tertiary/aromatic N) is 2. The van der Waals surface area contributed by atoms with Crippen LogP contribution in [-0.2, 0) is 5.75 Å². The van der Waals surface area contributed by atoms with Crippen LogP contribution in [0.15, 0.2) is 48.7 Å². The van der Waals surface area contributed by atoms with Crippen LogP contribution < -0.4 is 16.0 Å². The zero-order valence-electron chi connectivity index (χ0n) is 12.5. The van der Waals surface area contributed by atoms with Crippen molar-refractivity contribution in [1.82, 2.24) is 15.6 Å². The number of pyridine rings is 1. The van der Waals surface area contributed by atoms with Gasteiger partial charge in [-0.1, -0.05) is 24.3 Å². The molecule has 1 heterocycles. The van der Waals surface area contributed by atoms with Gasteiger partial charge in [-0.05, 0) is 36.0 Å². The Bertz CT molecular complexity index is 652. The molecule has 3 N–H and O–H groups in total. The van der Waals surface area contributed by atoms with Crippen LogP contribution in [0.4, 0.5) is 11.5 Å². The fourth-order valence-electron chi connectivity index (χ4n) is 1.77. The molecule has 0 bridgehead atoms. The molecule has 0 spiro atoms. The van der Waals surface area contributed by atoms with E-state index < -0.39 is 0 Å². The second-order valence-corrected chi connectivity index (χ2v) is 6.10. The normalized spacial score (nSPS) is 9.70. The van der Waals surface area contributed by atoms with Gasteiger partial charge in [0.25, 0.3) is 0 Å². The van der Waals surface area contributed by atoms with Gasteiger partial charge in [0, 0.05) is 29.9 Å². The Labute approximate surface area is 145 Å². The molecule has 2 aromatic rings. The van der Waals surface area contributed by atoms with E-state index in [-0.39, 0.29) is 0 Å². The number of hydrogen-bond acceptors (Lipinski definition) is 5. The van der Waals surface area contributed by atoms with Crippen molar-refractivity contribution >= 4 is 40.6 Å². The predicted molar refractivity (Wildman–Crippen MR) is 99.5 cm³/mol. The summed E-state index contributed by atoms with van der Waals surface area (Å²) >= 11 is 6.68. The van der Waals surface area contributed by atoms with Gasteiger partial charge in [-0.3, -0.25) is 5.32 Å². The third-order valence-electron chi connectivity index (χ3n) is 2.84. The zero-order chi connectivity index (χ0) is 16.3. The minimum absolute atomic E-state index is 0.367. The molecule has 0 radical (unpaired) electrons. The Morgan fingerprint density at radius 3 is 2.74 bits per heavy atom. The molecule has 0 aliphatic rings. The summed E-state index contributed by atoms with van der Waals surface area (Å²) in [4.78, 5) is 4.42. The van der Waals surface area contributed by atoms with Crippen LogP contribution in [-0.4, -0.2) is 22.4 Å². The Morgan fingerprint density at radius 1 is 1.22 bits per heavy atom. The SMILES string of the molecule is N#CNC(=S)NCCSCc1ccc(Nc2ccccc2)nc1. The van der Waals surface area contributed by atoms with Crippen LogP contribution in [0.5, 0.6) is 0 Å². The fourth-order valence-corrected chi connectivity index (χ4v) is 2.72. The Balaban J connectivity index is 1.69. The lowest BCUT2D eigenvalue weighted by Crippen LogP contribution is -2.33. The third kappa shape index (κ3) is 6.55. The van der Waals surface area contributed by atoms with E-state index in [1.807, 2.05) is 42.6 Å². The van der Waals surface area contributed by atoms with Crippen LogP contribution in [0.3, 0.4) is 0 Å². The third-order valence-corrected chi connectivity index (χ3v) is 4.12. The number of nitrogens with one attached hydrogen (secondary N) is 3. The van der Waals surface area contributed by atoms with Gasteiger partial charge in [-0.25, -0.2) is 4.98 Å². The number of benzene rings is 1. The molecule has 0 atom stereocenters. The Morgan fingerprint density at radius 2 is 2.04 bits per heavy atom. The second kappa shape index (κ2) is 9.66. The first-order valence-corrected chi connectivity index (χ1v) is 8.62. The van der Waals surface area contributed by atoms with E-state index in [4.69, 9.17) is 17.5 Å². The average Bonchev–Trinajstić information content (AvgIpc) is 2.57. The first-order chi connectivity index (χ1) is 11.3. The van der Waals surface area contributed by atoms with Crippen LogP contribution in [0.25, 0.3) is 0 Å². The summed E-state index contributed by atoms with van der Waals surface area (Å²) in [5, 5.41) is 17.4. The molecule has 1 aromatic heterocycles. The Hall–Kier alpha value is -2.30. The van der Waals surface area contributed by atoms with Crippen molar-refractivity contribution in [2.24, 2.45) is 0 Å². The maximum atomic E-state index is 8.40. The van der Waals surface area contributed by atoms with Gasteiger partial charge in [0.15, 0.2) is 11.3 Å². The van der Waals surface area contributed by atoms with Gasteiger partial charge in [-0.15, -0.1) is 0 Å². The van der Waals surface area contributed by atoms with Crippen molar-refractivity contribution < 1.29 is 0 Å². The highest BCUT2D eigenvalue weighted by molar-refractivity contribution is 7.98. The molecule has 0 saturated heterocycles. The highest BCUT2D eigenvalue weighted by Crippen LogP contribution is 2.16. The molecule has 0 aliphatic heterocycles. The monoisotopic (exact) mass is 343 g/mol. The van der Waals surface area contributed by atoms with E-state index >= 15 is 0 Å². The number of anilines is 2. The van der Waals surface area contributed by atoms with Crippen molar-refractivity contribution in [2.75, 3.05) is 17.6 Å². The molecule has 0 amide bonds. The van der Waals surface area contributed by atoms with Gasteiger partial charge in [0.05, 0.1) is 0 Å². The van der Waals surface area contributed by atoms with Gasteiger partial charge >= 0.3 is 0 Å². The summed E-state index contributed by atoms with van der Waals surface area (Å²) in [5.41, 5.74) is 2.20. The van der Waals surface area contributed by atoms with E-state index in [1.165, 1.54) is 5.56 Å². The van der Waals surface area contributed by atoms with Gasteiger partial charge in [0.2, 0.25) is 0 Å². The van der Waals surface area contributed by atoms with Crippen molar-refractivity contribution in [3.8, 4) is 6.19 Å². The van der Waals surface area contributed by atoms with E-state index in [0.29, 0.717) is 5.11 Å². The summed E-state index contributed by atoms with van der Waals surface area (Å²) in [6.45, 7) is 0.721. The lowest BCUT2D eigenvalue weighted by atomic mass is 10.3. The maximum Gasteiger partial charge on any atom is 0.183 e. The lowest BCUT2D eigenvalue weighted by Gasteiger charge is -2.07. The first kappa shape index (κ1) is 17.1. The van der Waals surface area contributed by atoms with Crippen LogP contribution in [0.1, 0.15) is 5.56 Å². The summed E-state index contributed by atoms with van der Waals surface area (Å²) in [6.07, 6.45) is 3.66. The molecule has 118 valence electrons. The fraction of sp³-hybridized carbons (Fsp3) is 0.188. The van der Waals surface area contributed by atoms with E-state index in [2.05, 4.69) is 27.0 Å². The van der Waals surface area contributed by atoms with Gasteiger partial charge in [-0.2, -0.15) is 17.0 Å². The van der Waals surface area contributed by atoms with E-state index in [1.54, 1.807) is 18.0 Å². The minimum atomic E-state index is 0.367. The van der Waals surface area contributed by atoms with Crippen LogP contribution in [0.2, 0.25) is 0 Å². The van der Waals surface area contributed by atoms with E-state index in [0.717, 1.165) is 29.6 Å². The number of rotatable bonds is 7. The van der Waals surface area contributed by atoms with Crippen molar-refractivity contribution in [2.45, 2.75) is 5.75 Å². The number of para-hydroxylation sites is 1. The van der Waals surface area contributed by atoms with Gasteiger partial charge < -0.3 is 10.6 Å². The Kier molecular flexibility index (Phi) is 7.17. The molecule has 5 nitrogen and oxygen atoms in total. The number of hydrogen-bond donors (Lipinski definition) is 3. The summed E-state index contributed by atoms with van der Waals surface area (Å²) < 4.78 is 0. The summed E-state index contributed by atoms with van der Waals surface area (Å²) in [7, 11) is 0. The first-order valence-electron chi connectivity index (χ1n) is 7.05. The average molecular weight is 343 g/mol. The van der Waals surface area contributed by atoms with Crippen molar-refractivity contribution in [1.29, 1.82) is 5.26 Å². The molecule has 0 unspecified atom stereocenters. The number of nitriles is 1. The molecule has 0 fully saturated rings. The minimum Gasteiger partial charge on any atom is -0.361 e. The van der Waals surface area contributed by atoms with E-state index in [9.17, 15) is 0 Å². The number of thioether (sulfide) groups is 1. The molecule has 0 saturated carbocycles. The highest BCUT2D eigenvalue weighted by atomic mass is 32.2. The zero-order valence-corrected chi connectivity index (χ0v) is 14.1. The van der Waals surface area contributed by atoms with Crippen LogP contribution in [0, 0.1) is 11.5 Å². The molecule has 2 rings (SSSR count).